The number of halogens is 2. The van der Waals surface area contributed by atoms with Gasteiger partial charge in [0.1, 0.15) is 0 Å². The molecule has 174 valence electrons. The van der Waals surface area contributed by atoms with Gasteiger partial charge in [0.2, 0.25) is 11.8 Å². The Morgan fingerprint density at radius 2 is 1.85 bits per heavy atom. The first kappa shape index (κ1) is 23.0. The van der Waals surface area contributed by atoms with Crippen LogP contribution in [0.15, 0.2) is 36.4 Å². The molecule has 33 heavy (non-hydrogen) atoms. The zero-order chi connectivity index (χ0) is 23.1. The van der Waals surface area contributed by atoms with E-state index in [2.05, 4.69) is 38.2 Å². The molecule has 5 rings (SSSR count). The Balaban J connectivity index is 1.22. The number of nitrogens with one attached hydrogen (secondary N) is 1. The summed E-state index contributed by atoms with van der Waals surface area (Å²) in [5.41, 5.74) is 4.59. The maximum absolute atomic E-state index is 12.4. The van der Waals surface area contributed by atoms with Crippen LogP contribution >= 0.6 is 35.8 Å². The van der Waals surface area contributed by atoms with Gasteiger partial charge < -0.3 is 4.90 Å². The number of fused-ring (bicyclic) bond motifs is 1. The zero-order valence-corrected chi connectivity index (χ0v) is 20.5. The molecule has 0 radical (unpaired) electrons. The summed E-state index contributed by atoms with van der Waals surface area (Å²) in [4.78, 5) is 30.7. The van der Waals surface area contributed by atoms with E-state index in [4.69, 9.17) is 35.8 Å². The Bertz CT molecular complexity index is 1090. The highest BCUT2D eigenvalue weighted by atomic mass is 35.5. The van der Waals surface area contributed by atoms with Crippen LogP contribution in [0.1, 0.15) is 34.9 Å². The summed E-state index contributed by atoms with van der Waals surface area (Å²) in [6.45, 7) is 5.20. The molecule has 0 spiro atoms. The second kappa shape index (κ2) is 9.47. The van der Waals surface area contributed by atoms with E-state index in [1.807, 2.05) is 18.2 Å². The predicted octanol–water partition coefficient (Wildman–Crippen LogP) is 3.86. The van der Waals surface area contributed by atoms with E-state index in [0.29, 0.717) is 29.4 Å². The molecule has 6 nitrogen and oxygen atoms in total. The monoisotopic (exact) mass is 504 g/mol. The van der Waals surface area contributed by atoms with Gasteiger partial charge in [-0.2, -0.15) is 12.6 Å². The smallest absolute Gasteiger partial charge is 0.243 e. The van der Waals surface area contributed by atoms with E-state index in [1.54, 1.807) is 0 Å². The molecule has 9 heteroatoms. The number of amides is 2. The molecule has 2 atom stereocenters. The average Bonchev–Trinajstić information content (AvgIpc) is 3.12. The van der Waals surface area contributed by atoms with E-state index in [0.717, 1.165) is 44.0 Å². The fourth-order valence-corrected chi connectivity index (χ4v) is 5.91. The van der Waals surface area contributed by atoms with Gasteiger partial charge in [-0.05, 0) is 35.2 Å². The van der Waals surface area contributed by atoms with Crippen molar-refractivity contribution in [3.8, 4) is 0 Å². The molecular weight excluding hydrogens is 479 g/mol. The minimum Gasteiger partial charge on any atom is -0.368 e. The van der Waals surface area contributed by atoms with Crippen molar-refractivity contribution in [2.75, 3.05) is 31.1 Å². The average molecular weight is 505 g/mol. The highest BCUT2D eigenvalue weighted by molar-refractivity contribution is 7.80. The number of benzene rings is 2. The molecule has 2 fully saturated rings. The van der Waals surface area contributed by atoms with E-state index in [9.17, 15) is 9.59 Å². The lowest BCUT2D eigenvalue weighted by atomic mass is 10.0. The molecule has 2 saturated heterocycles. The van der Waals surface area contributed by atoms with Crippen molar-refractivity contribution in [1.29, 1.82) is 0 Å². The van der Waals surface area contributed by atoms with Crippen LogP contribution in [0.25, 0.3) is 0 Å². The van der Waals surface area contributed by atoms with Crippen molar-refractivity contribution in [2.24, 2.45) is 0 Å². The summed E-state index contributed by atoms with van der Waals surface area (Å²) in [6, 6.07) is 12.0. The van der Waals surface area contributed by atoms with Crippen molar-refractivity contribution in [2.45, 2.75) is 37.3 Å². The molecule has 1 N–H and O–H groups in total. The maximum atomic E-state index is 12.4. The molecule has 2 aromatic carbocycles. The van der Waals surface area contributed by atoms with E-state index in [-0.39, 0.29) is 23.2 Å². The third-order valence-corrected chi connectivity index (χ3v) is 8.20. The van der Waals surface area contributed by atoms with E-state index < -0.39 is 0 Å². The van der Waals surface area contributed by atoms with Crippen LogP contribution in [-0.2, 0) is 22.7 Å². The molecule has 2 unspecified atom stereocenters. The number of hydrogen-bond acceptors (Lipinski definition) is 6. The van der Waals surface area contributed by atoms with Gasteiger partial charge in [-0.3, -0.25) is 24.7 Å². The van der Waals surface area contributed by atoms with Crippen LogP contribution in [0.4, 0.5) is 5.69 Å². The Morgan fingerprint density at radius 1 is 1.06 bits per heavy atom. The van der Waals surface area contributed by atoms with Gasteiger partial charge in [0.05, 0.1) is 27.1 Å². The Kier molecular flexibility index (Phi) is 6.60. The molecule has 3 heterocycles. The molecule has 0 saturated carbocycles. The normalized spacial score (nSPS) is 24.2. The van der Waals surface area contributed by atoms with Crippen LogP contribution in [0, 0.1) is 0 Å². The lowest BCUT2D eigenvalue weighted by Crippen LogP contribution is -2.51. The minimum absolute atomic E-state index is 0.147. The van der Waals surface area contributed by atoms with Gasteiger partial charge in [-0.1, -0.05) is 47.5 Å². The van der Waals surface area contributed by atoms with Crippen molar-refractivity contribution in [1.82, 2.24) is 15.1 Å². The number of piperazine rings is 1. The quantitative estimate of drug-likeness (QED) is 0.488. The molecule has 0 aliphatic carbocycles. The number of rotatable bonds is 4. The topological polar surface area (TPSA) is 55.9 Å². The van der Waals surface area contributed by atoms with Crippen LogP contribution in [0.5, 0.6) is 0 Å². The SMILES string of the molecule is O=C1CCC(N2Cc3ccc(CN4CCN(c5cccc(Cl)c5Cl)CC4)cc3C2S)C(=O)N1. The Labute approximate surface area is 209 Å². The second-order valence-electron chi connectivity index (χ2n) is 8.88. The number of nitrogens with zero attached hydrogens (tertiary/aromatic N) is 3. The van der Waals surface area contributed by atoms with Crippen LogP contribution in [-0.4, -0.2) is 53.8 Å². The summed E-state index contributed by atoms with van der Waals surface area (Å²) in [5, 5.41) is 3.52. The number of thiol groups is 1. The molecule has 3 aliphatic heterocycles. The first-order chi connectivity index (χ1) is 15.9. The summed E-state index contributed by atoms with van der Waals surface area (Å²) in [6.07, 6.45) is 0.921. The number of imide groups is 1. The fraction of sp³-hybridized carbons (Fsp3) is 0.417. The number of anilines is 1. The third kappa shape index (κ3) is 4.62. The zero-order valence-electron chi connectivity index (χ0n) is 18.1. The first-order valence-electron chi connectivity index (χ1n) is 11.2. The van der Waals surface area contributed by atoms with Crippen molar-refractivity contribution >= 4 is 53.3 Å². The summed E-state index contributed by atoms with van der Waals surface area (Å²) >= 11 is 17.4. The van der Waals surface area contributed by atoms with Gasteiger partial charge in [-0.15, -0.1) is 0 Å². The van der Waals surface area contributed by atoms with Crippen LogP contribution in [0.2, 0.25) is 10.0 Å². The molecular formula is C24H26Cl2N4O2S. The number of carbonyl (C=O) groups is 2. The fourth-order valence-electron chi connectivity index (χ4n) is 5.01. The number of piperidine rings is 1. The minimum atomic E-state index is -0.313. The van der Waals surface area contributed by atoms with Gasteiger partial charge >= 0.3 is 0 Å². The summed E-state index contributed by atoms with van der Waals surface area (Å²) in [5.74, 6) is -0.403. The lowest BCUT2D eigenvalue weighted by molar-refractivity contribution is -0.137. The molecule has 0 bridgehead atoms. The lowest BCUT2D eigenvalue weighted by Gasteiger charge is -2.36. The van der Waals surface area contributed by atoms with Gasteiger partial charge in [0.25, 0.3) is 0 Å². The maximum Gasteiger partial charge on any atom is 0.243 e. The molecule has 0 aromatic heterocycles. The molecule has 2 amide bonds. The Morgan fingerprint density at radius 3 is 2.61 bits per heavy atom. The number of hydrogen-bond donors (Lipinski definition) is 2. The highest BCUT2D eigenvalue weighted by Gasteiger charge is 2.39. The first-order valence-corrected chi connectivity index (χ1v) is 12.5. The van der Waals surface area contributed by atoms with E-state index in [1.165, 1.54) is 11.1 Å². The second-order valence-corrected chi connectivity index (χ2v) is 10.2. The number of carbonyl (C=O) groups excluding carboxylic acids is 2. The highest BCUT2D eigenvalue weighted by Crippen LogP contribution is 2.40. The van der Waals surface area contributed by atoms with Gasteiger partial charge in [0.15, 0.2) is 0 Å². The standard InChI is InChI=1S/C24H26Cl2N4O2S/c25-18-2-1-3-19(22(18)26)29-10-8-28(9-11-29)13-15-4-5-16-14-30(24(33)17(16)12-15)20-6-7-21(31)27-23(20)32/h1-5,12,20,24,33H,6-11,13-14H2,(H,27,31,32). The third-order valence-electron chi connectivity index (χ3n) is 6.82. The largest absolute Gasteiger partial charge is 0.368 e. The summed E-state index contributed by atoms with van der Waals surface area (Å²) in [7, 11) is 0. The summed E-state index contributed by atoms with van der Waals surface area (Å²) < 4.78 is 0. The van der Waals surface area contributed by atoms with Gasteiger partial charge in [0, 0.05) is 45.7 Å². The predicted molar refractivity (Wildman–Crippen MR) is 134 cm³/mol. The van der Waals surface area contributed by atoms with Gasteiger partial charge in [-0.25, -0.2) is 0 Å². The van der Waals surface area contributed by atoms with Crippen molar-refractivity contribution in [3.63, 3.8) is 0 Å². The van der Waals surface area contributed by atoms with Crippen molar-refractivity contribution < 1.29 is 9.59 Å². The van der Waals surface area contributed by atoms with E-state index >= 15 is 0 Å². The van der Waals surface area contributed by atoms with Crippen LogP contribution in [0.3, 0.4) is 0 Å². The molecule has 2 aromatic rings. The Hall–Kier alpha value is -1.77. The van der Waals surface area contributed by atoms with Crippen molar-refractivity contribution in [3.05, 3.63) is 63.1 Å². The molecule has 3 aliphatic rings. The van der Waals surface area contributed by atoms with Crippen LogP contribution < -0.4 is 10.2 Å².